The molecule has 6 heteroatoms. The summed E-state index contributed by atoms with van der Waals surface area (Å²) in [7, 11) is 0. The summed E-state index contributed by atoms with van der Waals surface area (Å²) in [6.07, 6.45) is 0. The van der Waals surface area contributed by atoms with E-state index in [1.165, 1.54) is 33.5 Å². The van der Waals surface area contributed by atoms with Gasteiger partial charge in [0.1, 0.15) is 22.6 Å². The van der Waals surface area contributed by atoms with Gasteiger partial charge in [-0.15, -0.1) is 0 Å². The molecule has 0 saturated heterocycles. The highest BCUT2D eigenvalue weighted by Gasteiger charge is 2.23. The number of ether oxygens (including phenoxy) is 1. The van der Waals surface area contributed by atoms with Gasteiger partial charge in [-0.05, 0) is 60.5 Å². The molecule has 0 unspecified atom stereocenters. The zero-order valence-electron chi connectivity index (χ0n) is 23.2. The van der Waals surface area contributed by atoms with Crippen LogP contribution >= 0.6 is 11.7 Å². The molecule has 0 fully saturated rings. The van der Waals surface area contributed by atoms with E-state index < -0.39 is 0 Å². The van der Waals surface area contributed by atoms with Crippen LogP contribution in [-0.2, 0) is 0 Å². The number of hydrogen-bond acceptors (Lipinski definition) is 5. The number of hydrogen-bond donors (Lipinski definition) is 0. The standard InChI is InChI=1S/C36H26N4OS/c1-3-41-25-18-14-23(15-19-25)26-20-21-31(33-32(26)38-42-39-33)36-37-34-29-10-6-4-8-27(29)28-9-5-7-11-30(28)35(34)40(36)24-16-12-22(2)13-17-24/h4-21H,3H2,1-2H3. The predicted molar refractivity (Wildman–Crippen MR) is 174 cm³/mol. The highest BCUT2D eigenvalue weighted by molar-refractivity contribution is 7.00. The fourth-order valence-corrected chi connectivity index (χ4v) is 6.58. The lowest BCUT2D eigenvalue weighted by Crippen LogP contribution is -1.99. The van der Waals surface area contributed by atoms with Crippen molar-refractivity contribution in [3.8, 4) is 34.0 Å². The first-order valence-electron chi connectivity index (χ1n) is 14.1. The summed E-state index contributed by atoms with van der Waals surface area (Å²) >= 11 is 1.24. The summed E-state index contributed by atoms with van der Waals surface area (Å²) in [6, 6.07) is 38.3. The van der Waals surface area contributed by atoms with Crippen molar-refractivity contribution in [2.45, 2.75) is 13.8 Å². The maximum absolute atomic E-state index is 5.66. The van der Waals surface area contributed by atoms with Gasteiger partial charge in [0.15, 0.2) is 0 Å². The van der Waals surface area contributed by atoms with Gasteiger partial charge >= 0.3 is 0 Å². The molecule has 2 heterocycles. The van der Waals surface area contributed by atoms with Gasteiger partial charge in [0.2, 0.25) is 0 Å². The van der Waals surface area contributed by atoms with Crippen molar-refractivity contribution in [2.24, 2.45) is 0 Å². The largest absolute Gasteiger partial charge is 0.494 e. The molecule has 202 valence electrons. The number of aromatic nitrogens is 4. The van der Waals surface area contributed by atoms with Gasteiger partial charge in [-0.25, -0.2) is 4.98 Å². The fraction of sp³-hybridized carbons (Fsp3) is 0.0833. The van der Waals surface area contributed by atoms with Gasteiger partial charge in [0, 0.05) is 27.6 Å². The van der Waals surface area contributed by atoms with E-state index in [9.17, 15) is 0 Å². The summed E-state index contributed by atoms with van der Waals surface area (Å²) < 4.78 is 17.6. The minimum atomic E-state index is 0.640. The van der Waals surface area contributed by atoms with Crippen LogP contribution in [0.2, 0.25) is 0 Å². The van der Waals surface area contributed by atoms with Crippen molar-refractivity contribution >= 4 is 55.3 Å². The minimum absolute atomic E-state index is 0.640. The summed E-state index contributed by atoms with van der Waals surface area (Å²) in [5.41, 5.74) is 9.14. The molecule has 0 aliphatic rings. The van der Waals surface area contributed by atoms with Gasteiger partial charge in [0.25, 0.3) is 0 Å². The second kappa shape index (κ2) is 9.79. The Labute approximate surface area is 247 Å². The highest BCUT2D eigenvalue weighted by atomic mass is 32.1. The molecule has 0 saturated carbocycles. The number of fused-ring (bicyclic) bond motifs is 7. The molecule has 6 aromatic carbocycles. The molecule has 0 aliphatic carbocycles. The van der Waals surface area contributed by atoms with Crippen LogP contribution in [-0.4, -0.2) is 24.9 Å². The first-order chi connectivity index (χ1) is 20.7. The molecule has 8 rings (SSSR count). The zero-order chi connectivity index (χ0) is 28.2. The molecule has 8 aromatic rings. The Kier molecular flexibility index (Phi) is 5.76. The van der Waals surface area contributed by atoms with E-state index >= 15 is 0 Å². The number of aryl methyl sites for hydroxylation is 1. The maximum atomic E-state index is 5.66. The molecule has 0 bridgehead atoms. The quantitative estimate of drug-likeness (QED) is 0.196. The van der Waals surface area contributed by atoms with E-state index in [1.807, 2.05) is 19.1 Å². The van der Waals surface area contributed by atoms with Crippen molar-refractivity contribution in [1.82, 2.24) is 18.3 Å². The van der Waals surface area contributed by atoms with Crippen molar-refractivity contribution in [2.75, 3.05) is 6.61 Å². The summed E-state index contributed by atoms with van der Waals surface area (Å²) in [6.45, 7) is 4.75. The maximum Gasteiger partial charge on any atom is 0.148 e. The molecule has 0 atom stereocenters. The number of imidazole rings is 1. The van der Waals surface area contributed by atoms with Crippen LogP contribution in [0, 0.1) is 6.92 Å². The first kappa shape index (κ1) is 24.7. The van der Waals surface area contributed by atoms with E-state index in [1.54, 1.807) is 0 Å². The van der Waals surface area contributed by atoms with E-state index in [4.69, 9.17) is 18.5 Å². The predicted octanol–water partition coefficient (Wildman–Crippen LogP) is 9.38. The topological polar surface area (TPSA) is 52.8 Å². The molecular weight excluding hydrogens is 536 g/mol. The third-order valence-corrected chi connectivity index (χ3v) is 8.49. The molecule has 0 aliphatic heterocycles. The molecule has 5 nitrogen and oxygen atoms in total. The number of rotatable bonds is 5. The van der Waals surface area contributed by atoms with E-state index in [-0.39, 0.29) is 0 Å². The fourth-order valence-electron chi connectivity index (χ4n) is 6.01. The van der Waals surface area contributed by atoms with Crippen LogP contribution in [0.3, 0.4) is 0 Å². The molecule has 0 spiro atoms. The molecular formula is C36H26N4OS. The van der Waals surface area contributed by atoms with Gasteiger partial charge in [-0.3, -0.25) is 4.57 Å². The Hall–Kier alpha value is -5.07. The Morgan fingerprint density at radius 1 is 0.643 bits per heavy atom. The van der Waals surface area contributed by atoms with Crippen LogP contribution in [0.25, 0.3) is 71.8 Å². The average Bonchev–Trinajstić information content (AvgIpc) is 3.68. The lowest BCUT2D eigenvalue weighted by Gasteiger charge is -2.13. The molecule has 0 amide bonds. The molecule has 0 radical (unpaired) electrons. The summed E-state index contributed by atoms with van der Waals surface area (Å²) in [5.74, 6) is 1.71. The highest BCUT2D eigenvalue weighted by Crippen LogP contribution is 2.41. The van der Waals surface area contributed by atoms with E-state index in [2.05, 4.69) is 109 Å². The van der Waals surface area contributed by atoms with Crippen molar-refractivity contribution in [1.29, 1.82) is 0 Å². The Balaban J connectivity index is 1.45. The van der Waals surface area contributed by atoms with Crippen LogP contribution in [0.15, 0.2) is 109 Å². The van der Waals surface area contributed by atoms with Gasteiger partial charge in [-0.2, -0.15) is 8.75 Å². The lowest BCUT2D eigenvalue weighted by molar-refractivity contribution is 0.340. The van der Waals surface area contributed by atoms with Crippen molar-refractivity contribution < 1.29 is 4.74 Å². The Morgan fingerprint density at radius 2 is 1.26 bits per heavy atom. The SMILES string of the molecule is CCOc1ccc(-c2ccc(-c3nc4c5ccccc5c5ccccc5c4n3-c3ccc(C)cc3)c3nsnc23)cc1. The number of nitrogens with zero attached hydrogens (tertiary/aromatic N) is 4. The third-order valence-electron chi connectivity index (χ3n) is 7.96. The van der Waals surface area contributed by atoms with Crippen LogP contribution in [0.1, 0.15) is 12.5 Å². The minimum Gasteiger partial charge on any atom is -0.494 e. The first-order valence-corrected chi connectivity index (χ1v) is 14.8. The normalized spacial score (nSPS) is 11.7. The van der Waals surface area contributed by atoms with E-state index in [0.29, 0.717) is 6.61 Å². The van der Waals surface area contributed by atoms with Gasteiger partial charge < -0.3 is 4.74 Å². The molecule has 0 N–H and O–H groups in total. The lowest BCUT2D eigenvalue weighted by atomic mass is 10.00. The monoisotopic (exact) mass is 562 g/mol. The van der Waals surface area contributed by atoms with Crippen molar-refractivity contribution in [3.63, 3.8) is 0 Å². The average molecular weight is 563 g/mol. The molecule has 42 heavy (non-hydrogen) atoms. The summed E-state index contributed by atoms with van der Waals surface area (Å²) in [4.78, 5) is 5.41. The molecule has 2 aromatic heterocycles. The number of benzene rings is 6. The van der Waals surface area contributed by atoms with Gasteiger partial charge in [-0.1, -0.05) is 84.4 Å². The van der Waals surface area contributed by atoms with Crippen LogP contribution in [0.4, 0.5) is 0 Å². The Morgan fingerprint density at radius 3 is 1.98 bits per heavy atom. The zero-order valence-corrected chi connectivity index (χ0v) is 24.0. The Bertz CT molecular complexity index is 2260. The van der Waals surface area contributed by atoms with Crippen LogP contribution in [0.5, 0.6) is 5.75 Å². The smallest absolute Gasteiger partial charge is 0.148 e. The third kappa shape index (κ3) is 3.80. The van der Waals surface area contributed by atoms with Crippen molar-refractivity contribution in [3.05, 3.63) is 115 Å². The summed E-state index contributed by atoms with van der Waals surface area (Å²) in [5, 5.41) is 4.72. The second-order valence-corrected chi connectivity index (χ2v) is 11.0. The van der Waals surface area contributed by atoms with E-state index in [0.717, 1.165) is 61.4 Å². The van der Waals surface area contributed by atoms with Gasteiger partial charge in [0.05, 0.1) is 29.4 Å². The second-order valence-electron chi connectivity index (χ2n) is 10.5. The van der Waals surface area contributed by atoms with Crippen LogP contribution < -0.4 is 4.74 Å².